The standard InChI is InChI=1S/C43H58N4O3/c48-40(36-16-10-8-11-17-36)26-25-39-42(37-18-12-9-13-19-37)46(43(39)50)38-23-21-35(22-24-38)34-44-41(49)20-14-6-4-2-1-3-5-7-15-30-47-31-27-45(28-32-47)29-33-47/h8-13,16-19,21-24,39-40,42,48H,1-7,14-15,20,25-34H2/p+1. The number of fused-ring (bicyclic) bond motifs is 3. The highest BCUT2D eigenvalue weighted by Crippen LogP contribution is 2.46. The molecular formula is C43H59N4O3+. The molecule has 0 spiro atoms. The van der Waals surface area contributed by atoms with E-state index in [4.69, 9.17) is 0 Å². The average Bonchev–Trinajstić information content (AvgIpc) is 3.17. The van der Waals surface area contributed by atoms with Crippen molar-refractivity contribution in [2.45, 2.75) is 95.7 Å². The van der Waals surface area contributed by atoms with E-state index >= 15 is 0 Å². The fourth-order valence-corrected chi connectivity index (χ4v) is 8.43. The molecule has 2 N–H and O–H groups in total. The van der Waals surface area contributed by atoms with Crippen LogP contribution in [0.1, 0.15) is 106 Å². The summed E-state index contributed by atoms with van der Waals surface area (Å²) in [5, 5.41) is 13.8. The number of hydrogen-bond acceptors (Lipinski definition) is 4. The lowest BCUT2D eigenvalue weighted by Crippen LogP contribution is -2.67. The molecule has 268 valence electrons. The van der Waals surface area contributed by atoms with E-state index < -0.39 is 6.10 Å². The molecule has 7 rings (SSSR count). The maximum absolute atomic E-state index is 13.5. The summed E-state index contributed by atoms with van der Waals surface area (Å²) in [5.74, 6) is 0.0242. The molecule has 0 radical (unpaired) electrons. The zero-order valence-electron chi connectivity index (χ0n) is 30.1. The summed E-state index contributed by atoms with van der Waals surface area (Å²) in [6.45, 7) is 10.0. The Morgan fingerprint density at radius 3 is 1.98 bits per heavy atom. The topological polar surface area (TPSA) is 72.9 Å². The first kappa shape index (κ1) is 36.3. The highest BCUT2D eigenvalue weighted by atomic mass is 16.3. The number of anilines is 1. The van der Waals surface area contributed by atoms with E-state index in [0.717, 1.165) is 35.2 Å². The molecule has 50 heavy (non-hydrogen) atoms. The maximum atomic E-state index is 13.5. The Kier molecular flexibility index (Phi) is 13.1. The Hall–Kier alpha value is -3.52. The Labute approximate surface area is 300 Å². The fourth-order valence-electron chi connectivity index (χ4n) is 8.43. The number of hydrogen-bond donors (Lipinski definition) is 2. The van der Waals surface area contributed by atoms with Gasteiger partial charge in [0.05, 0.1) is 44.2 Å². The lowest BCUT2D eigenvalue weighted by molar-refractivity contribution is -0.941. The molecule has 0 aliphatic carbocycles. The predicted molar refractivity (Wildman–Crippen MR) is 201 cm³/mol. The van der Waals surface area contributed by atoms with Crippen molar-refractivity contribution in [3.05, 3.63) is 102 Å². The van der Waals surface area contributed by atoms with E-state index in [-0.39, 0.29) is 23.8 Å². The quantitative estimate of drug-likeness (QED) is 0.0735. The molecule has 3 atom stereocenters. The molecule has 4 aliphatic heterocycles. The number of carbonyl (C=O) groups excluding carboxylic acids is 2. The number of unbranched alkanes of at least 4 members (excludes halogenated alkanes) is 8. The second kappa shape index (κ2) is 18.1. The summed E-state index contributed by atoms with van der Waals surface area (Å²) in [7, 11) is 0. The van der Waals surface area contributed by atoms with Crippen molar-refractivity contribution in [1.29, 1.82) is 0 Å². The van der Waals surface area contributed by atoms with Gasteiger partial charge < -0.3 is 19.8 Å². The Balaban J connectivity index is 0.851. The monoisotopic (exact) mass is 679 g/mol. The second-order valence-electron chi connectivity index (χ2n) is 15.1. The van der Waals surface area contributed by atoms with Crippen molar-refractivity contribution in [1.82, 2.24) is 10.2 Å². The first-order valence-corrected chi connectivity index (χ1v) is 19.6. The van der Waals surface area contributed by atoms with Crippen molar-refractivity contribution < 1.29 is 19.2 Å². The van der Waals surface area contributed by atoms with Gasteiger partial charge in [0.25, 0.3) is 0 Å². The maximum Gasteiger partial charge on any atom is 0.233 e. The minimum Gasteiger partial charge on any atom is -0.388 e. The van der Waals surface area contributed by atoms with Crippen LogP contribution in [0.3, 0.4) is 0 Å². The van der Waals surface area contributed by atoms with Gasteiger partial charge in [-0.15, -0.1) is 0 Å². The van der Waals surface area contributed by atoms with Crippen molar-refractivity contribution in [2.24, 2.45) is 5.92 Å². The van der Waals surface area contributed by atoms with E-state index in [9.17, 15) is 14.7 Å². The summed E-state index contributed by atoms with van der Waals surface area (Å²) in [4.78, 5) is 30.5. The first-order valence-electron chi connectivity index (χ1n) is 19.6. The number of nitrogens with one attached hydrogen (secondary N) is 1. The average molecular weight is 680 g/mol. The number of nitrogens with zero attached hydrogens (tertiary/aromatic N) is 3. The molecule has 2 bridgehead atoms. The number of carbonyl (C=O) groups is 2. The summed E-state index contributed by atoms with van der Waals surface area (Å²) < 4.78 is 1.40. The lowest BCUT2D eigenvalue weighted by Gasteiger charge is -2.50. The molecular weight excluding hydrogens is 620 g/mol. The van der Waals surface area contributed by atoms with Gasteiger partial charge in [0.15, 0.2) is 0 Å². The zero-order valence-corrected chi connectivity index (χ0v) is 30.1. The van der Waals surface area contributed by atoms with Gasteiger partial charge in [-0.1, -0.05) is 111 Å². The number of aliphatic hydroxyl groups excluding tert-OH is 1. The van der Waals surface area contributed by atoms with Crippen LogP contribution in [0, 0.1) is 5.92 Å². The molecule has 0 aromatic heterocycles. The van der Waals surface area contributed by atoms with Crippen LogP contribution in [0.4, 0.5) is 5.69 Å². The zero-order chi connectivity index (χ0) is 34.6. The van der Waals surface area contributed by atoms with Gasteiger partial charge in [-0.3, -0.25) is 14.5 Å². The molecule has 2 amide bonds. The van der Waals surface area contributed by atoms with Crippen molar-refractivity contribution in [2.75, 3.05) is 50.7 Å². The van der Waals surface area contributed by atoms with Gasteiger partial charge in [-0.05, 0) is 60.9 Å². The van der Waals surface area contributed by atoms with Crippen LogP contribution in [-0.4, -0.2) is 72.1 Å². The highest BCUT2D eigenvalue weighted by molar-refractivity contribution is 6.03. The molecule has 3 aromatic rings. The lowest BCUT2D eigenvalue weighted by atomic mass is 9.78. The van der Waals surface area contributed by atoms with Crippen molar-refractivity contribution in [3.63, 3.8) is 0 Å². The van der Waals surface area contributed by atoms with Gasteiger partial charge in [0.1, 0.15) is 0 Å². The number of piperazine rings is 3. The van der Waals surface area contributed by atoms with Crippen LogP contribution < -0.4 is 10.2 Å². The molecule has 4 aliphatic rings. The molecule has 4 heterocycles. The van der Waals surface area contributed by atoms with E-state index in [0.29, 0.717) is 25.8 Å². The second-order valence-corrected chi connectivity index (χ2v) is 15.1. The Morgan fingerprint density at radius 2 is 1.34 bits per heavy atom. The van der Waals surface area contributed by atoms with Crippen LogP contribution in [0.5, 0.6) is 0 Å². The normalized spacial score (nSPS) is 23.4. The third-order valence-electron chi connectivity index (χ3n) is 11.7. The Morgan fingerprint density at radius 1 is 0.760 bits per heavy atom. The van der Waals surface area contributed by atoms with Gasteiger partial charge in [-0.2, -0.15) is 0 Å². The van der Waals surface area contributed by atoms with Gasteiger partial charge >= 0.3 is 0 Å². The van der Waals surface area contributed by atoms with Gasteiger partial charge in [0.2, 0.25) is 11.8 Å². The summed E-state index contributed by atoms with van der Waals surface area (Å²) in [6.07, 6.45) is 12.6. The molecule has 4 saturated heterocycles. The summed E-state index contributed by atoms with van der Waals surface area (Å²) in [5.41, 5.74) is 3.88. The van der Waals surface area contributed by atoms with Crippen LogP contribution in [0.2, 0.25) is 0 Å². The number of rotatable bonds is 20. The minimum atomic E-state index is -0.586. The predicted octanol–water partition coefficient (Wildman–Crippen LogP) is 7.57. The fraction of sp³-hybridized carbons (Fsp3) is 0.535. The number of quaternary nitrogens is 1. The number of aliphatic hydroxyl groups is 1. The first-order chi connectivity index (χ1) is 24.5. The molecule has 3 aromatic carbocycles. The number of amides is 2. The number of benzene rings is 3. The van der Waals surface area contributed by atoms with Crippen LogP contribution in [0.15, 0.2) is 84.9 Å². The molecule has 0 saturated carbocycles. The largest absolute Gasteiger partial charge is 0.388 e. The van der Waals surface area contributed by atoms with Crippen molar-refractivity contribution in [3.8, 4) is 0 Å². The van der Waals surface area contributed by atoms with Crippen molar-refractivity contribution >= 4 is 17.5 Å². The van der Waals surface area contributed by atoms with Gasteiger partial charge in [-0.25, -0.2) is 0 Å². The van der Waals surface area contributed by atoms with E-state index in [2.05, 4.69) is 22.3 Å². The number of β-lactam (4-membered cyclic amide) rings is 1. The van der Waals surface area contributed by atoms with E-state index in [1.807, 2.05) is 77.7 Å². The van der Waals surface area contributed by atoms with Crippen LogP contribution >= 0.6 is 0 Å². The van der Waals surface area contributed by atoms with Crippen LogP contribution in [-0.2, 0) is 16.1 Å². The minimum absolute atomic E-state index is 0.0684. The smallest absolute Gasteiger partial charge is 0.233 e. The third-order valence-corrected chi connectivity index (χ3v) is 11.7. The summed E-state index contributed by atoms with van der Waals surface area (Å²) in [6, 6.07) is 27.8. The van der Waals surface area contributed by atoms with Gasteiger partial charge in [0, 0.05) is 38.3 Å². The SMILES string of the molecule is O=C(CCCCCCCCCCC[N+]12CCN(CC1)CC2)NCc1ccc(N2C(=O)C(CCC(O)c3ccccc3)C2c2ccccc2)cc1. The van der Waals surface area contributed by atoms with Crippen LogP contribution in [0.25, 0.3) is 0 Å². The molecule has 7 heteroatoms. The van der Waals surface area contributed by atoms with E-state index in [1.54, 1.807) is 0 Å². The highest BCUT2D eigenvalue weighted by Gasteiger charge is 2.48. The van der Waals surface area contributed by atoms with E-state index in [1.165, 1.54) is 95.2 Å². The third kappa shape index (κ3) is 9.62. The molecule has 7 nitrogen and oxygen atoms in total. The molecule has 3 unspecified atom stereocenters. The Bertz CT molecular complexity index is 1460. The summed E-state index contributed by atoms with van der Waals surface area (Å²) >= 11 is 0. The molecule has 4 fully saturated rings.